The van der Waals surface area contributed by atoms with Gasteiger partial charge in [-0.25, -0.2) is 0 Å². The van der Waals surface area contributed by atoms with Crippen LogP contribution in [0.2, 0.25) is 0 Å². The number of nitrogens with one attached hydrogen (secondary N) is 2. The van der Waals surface area contributed by atoms with Crippen LogP contribution >= 0.6 is 0 Å². The van der Waals surface area contributed by atoms with E-state index in [-0.39, 0.29) is 18.4 Å². The minimum Gasteiger partial charge on any atom is -0.465 e. The van der Waals surface area contributed by atoms with Crippen molar-refractivity contribution in [2.75, 3.05) is 18.5 Å². The van der Waals surface area contributed by atoms with Gasteiger partial charge in [0, 0.05) is 30.5 Å². The molecule has 6 nitrogen and oxygen atoms in total. The highest BCUT2D eigenvalue weighted by molar-refractivity contribution is 6.02. The Labute approximate surface area is 133 Å². The Morgan fingerprint density at radius 3 is 2.61 bits per heavy atom. The van der Waals surface area contributed by atoms with Gasteiger partial charge in [-0.2, -0.15) is 0 Å². The normalized spacial score (nSPS) is 10.7. The van der Waals surface area contributed by atoms with Crippen molar-refractivity contribution in [1.29, 1.82) is 0 Å². The van der Waals surface area contributed by atoms with Gasteiger partial charge < -0.3 is 20.2 Å². The van der Waals surface area contributed by atoms with Gasteiger partial charge in [-0.1, -0.05) is 0 Å². The Bertz CT molecular complexity index is 660. The van der Waals surface area contributed by atoms with Crippen molar-refractivity contribution < 1.29 is 19.1 Å². The summed E-state index contributed by atoms with van der Waals surface area (Å²) < 4.78 is 5.09. The molecule has 6 heteroatoms. The fourth-order valence-electron chi connectivity index (χ4n) is 1.82. The molecule has 0 aliphatic rings. The van der Waals surface area contributed by atoms with Crippen LogP contribution in [0.3, 0.4) is 0 Å². The highest BCUT2D eigenvalue weighted by atomic mass is 16.3. The van der Waals surface area contributed by atoms with Crippen LogP contribution in [-0.2, 0) is 4.79 Å². The van der Waals surface area contributed by atoms with Crippen LogP contribution < -0.4 is 10.6 Å². The van der Waals surface area contributed by atoms with E-state index >= 15 is 0 Å². The fourth-order valence-corrected chi connectivity index (χ4v) is 1.82. The summed E-state index contributed by atoms with van der Waals surface area (Å²) in [7, 11) is 0. The first-order valence-electron chi connectivity index (χ1n) is 7.21. The molecule has 3 N–H and O–H groups in total. The van der Waals surface area contributed by atoms with E-state index in [1.807, 2.05) is 0 Å². The van der Waals surface area contributed by atoms with Crippen molar-refractivity contribution in [3.8, 4) is 0 Å². The van der Waals surface area contributed by atoms with Gasteiger partial charge in [-0.05, 0) is 48.9 Å². The number of aliphatic hydroxyl groups is 1. The molecule has 120 valence electrons. The number of furan rings is 1. The topological polar surface area (TPSA) is 91.6 Å². The van der Waals surface area contributed by atoms with Crippen molar-refractivity contribution >= 4 is 23.6 Å². The average Bonchev–Trinajstić information content (AvgIpc) is 3.07. The van der Waals surface area contributed by atoms with E-state index in [4.69, 9.17) is 9.52 Å². The molecule has 1 aromatic heterocycles. The molecule has 0 bridgehead atoms. The molecule has 2 aromatic rings. The molecule has 23 heavy (non-hydrogen) atoms. The molecule has 0 aliphatic carbocycles. The highest BCUT2D eigenvalue weighted by Gasteiger charge is 2.05. The largest absolute Gasteiger partial charge is 0.465 e. The second-order valence-corrected chi connectivity index (χ2v) is 4.75. The van der Waals surface area contributed by atoms with Gasteiger partial charge in [0.15, 0.2) is 0 Å². The lowest BCUT2D eigenvalue weighted by molar-refractivity contribution is -0.111. The molecule has 0 saturated carbocycles. The summed E-state index contributed by atoms with van der Waals surface area (Å²) >= 11 is 0. The number of hydrogen-bond acceptors (Lipinski definition) is 4. The molecule has 2 amide bonds. The van der Waals surface area contributed by atoms with Crippen molar-refractivity contribution in [2.45, 2.75) is 6.42 Å². The Morgan fingerprint density at radius 2 is 1.96 bits per heavy atom. The van der Waals surface area contributed by atoms with Crippen LogP contribution in [0.5, 0.6) is 0 Å². The van der Waals surface area contributed by atoms with Crippen molar-refractivity contribution in [3.63, 3.8) is 0 Å². The molecular formula is C17H18N2O4. The van der Waals surface area contributed by atoms with E-state index in [9.17, 15) is 9.59 Å². The zero-order chi connectivity index (χ0) is 16.5. The van der Waals surface area contributed by atoms with Crippen LogP contribution in [0.4, 0.5) is 5.69 Å². The van der Waals surface area contributed by atoms with E-state index in [1.54, 1.807) is 42.5 Å². The lowest BCUT2D eigenvalue weighted by Gasteiger charge is -2.06. The Balaban J connectivity index is 1.87. The van der Waals surface area contributed by atoms with Gasteiger partial charge in [-0.3, -0.25) is 9.59 Å². The molecule has 0 fully saturated rings. The average molecular weight is 314 g/mol. The summed E-state index contributed by atoms with van der Waals surface area (Å²) in [4.78, 5) is 23.5. The second kappa shape index (κ2) is 8.55. The third kappa shape index (κ3) is 5.44. The van der Waals surface area contributed by atoms with Crippen LogP contribution in [0, 0.1) is 0 Å². The van der Waals surface area contributed by atoms with E-state index in [0.29, 0.717) is 30.0 Å². The molecular weight excluding hydrogens is 296 g/mol. The van der Waals surface area contributed by atoms with Gasteiger partial charge in [0.25, 0.3) is 5.91 Å². The van der Waals surface area contributed by atoms with Gasteiger partial charge in [0.1, 0.15) is 5.76 Å². The number of aliphatic hydroxyl groups excluding tert-OH is 1. The van der Waals surface area contributed by atoms with E-state index in [0.717, 1.165) is 0 Å². The lowest BCUT2D eigenvalue weighted by Crippen LogP contribution is -2.24. The number of benzene rings is 1. The summed E-state index contributed by atoms with van der Waals surface area (Å²) in [6.45, 7) is 0.460. The predicted octanol–water partition coefficient (Wildman–Crippen LogP) is 2.04. The Morgan fingerprint density at radius 1 is 1.17 bits per heavy atom. The molecule has 0 aliphatic heterocycles. The summed E-state index contributed by atoms with van der Waals surface area (Å²) in [5.74, 6) is 0.0886. The minimum absolute atomic E-state index is 0.0385. The highest BCUT2D eigenvalue weighted by Crippen LogP contribution is 2.10. The maximum atomic E-state index is 11.8. The Hall–Kier alpha value is -2.86. The van der Waals surface area contributed by atoms with Crippen LogP contribution in [0.1, 0.15) is 22.5 Å². The predicted molar refractivity (Wildman–Crippen MR) is 86.8 cm³/mol. The van der Waals surface area contributed by atoms with Gasteiger partial charge in [0.05, 0.1) is 6.26 Å². The fraction of sp³-hybridized carbons (Fsp3) is 0.176. The molecule has 0 unspecified atom stereocenters. The van der Waals surface area contributed by atoms with Crippen LogP contribution in [0.25, 0.3) is 6.08 Å². The summed E-state index contributed by atoms with van der Waals surface area (Å²) in [5, 5.41) is 14.1. The van der Waals surface area contributed by atoms with E-state index < -0.39 is 0 Å². The number of hydrogen-bond donors (Lipinski definition) is 3. The first kappa shape index (κ1) is 16.5. The van der Waals surface area contributed by atoms with Crippen LogP contribution in [0.15, 0.2) is 53.2 Å². The van der Waals surface area contributed by atoms with Gasteiger partial charge >= 0.3 is 0 Å². The van der Waals surface area contributed by atoms with Crippen molar-refractivity contribution in [3.05, 3.63) is 60.1 Å². The maximum absolute atomic E-state index is 11.8. The first-order chi connectivity index (χ1) is 11.2. The molecule has 2 rings (SSSR count). The number of amides is 2. The van der Waals surface area contributed by atoms with Crippen molar-refractivity contribution in [2.24, 2.45) is 0 Å². The maximum Gasteiger partial charge on any atom is 0.251 e. The third-order valence-corrected chi connectivity index (χ3v) is 2.98. The number of rotatable bonds is 7. The second-order valence-electron chi connectivity index (χ2n) is 4.75. The minimum atomic E-state index is -0.290. The summed E-state index contributed by atoms with van der Waals surface area (Å²) in [6, 6.07) is 10.0. The van der Waals surface area contributed by atoms with Gasteiger partial charge in [0.2, 0.25) is 5.91 Å². The van der Waals surface area contributed by atoms with Crippen LogP contribution in [-0.4, -0.2) is 30.1 Å². The zero-order valence-corrected chi connectivity index (χ0v) is 12.5. The summed E-state index contributed by atoms with van der Waals surface area (Å²) in [5.41, 5.74) is 1.08. The first-order valence-corrected chi connectivity index (χ1v) is 7.21. The quantitative estimate of drug-likeness (QED) is 0.539. The van der Waals surface area contributed by atoms with E-state index in [1.165, 1.54) is 12.3 Å². The monoisotopic (exact) mass is 314 g/mol. The molecule has 1 aromatic carbocycles. The smallest absolute Gasteiger partial charge is 0.251 e. The van der Waals surface area contributed by atoms with Crippen molar-refractivity contribution in [1.82, 2.24) is 5.32 Å². The Kier molecular flexibility index (Phi) is 6.14. The molecule has 1 heterocycles. The van der Waals surface area contributed by atoms with E-state index in [2.05, 4.69) is 10.6 Å². The standard InChI is InChI=1S/C17H18N2O4/c20-11-2-10-18-17(22)13-4-6-14(7-5-13)19-16(21)9-8-15-3-1-12-23-15/h1,3-9,12,20H,2,10-11H2,(H,18,22)(H,19,21)/b9-8+. The molecule has 0 atom stereocenters. The molecule has 0 spiro atoms. The third-order valence-electron chi connectivity index (χ3n) is 2.98. The zero-order valence-electron chi connectivity index (χ0n) is 12.5. The summed E-state index contributed by atoms with van der Waals surface area (Å²) in [6.07, 6.45) is 4.98. The molecule has 0 saturated heterocycles. The molecule has 0 radical (unpaired) electrons. The lowest BCUT2D eigenvalue weighted by atomic mass is 10.2. The number of anilines is 1. The SMILES string of the molecule is O=C(/C=C/c1ccco1)Nc1ccc(C(=O)NCCCO)cc1. The van der Waals surface area contributed by atoms with Gasteiger partial charge in [-0.15, -0.1) is 0 Å². The number of carbonyl (C=O) groups is 2. The number of carbonyl (C=O) groups excluding carboxylic acids is 2.